The van der Waals surface area contributed by atoms with Gasteiger partial charge in [-0.15, -0.1) is 0 Å². The Hall–Kier alpha value is -3.63. The predicted octanol–water partition coefficient (Wildman–Crippen LogP) is 6.04. The Bertz CT molecular complexity index is 1230. The van der Waals surface area contributed by atoms with Gasteiger partial charge in [-0.05, 0) is 36.6 Å². The molecule has 0 saturated carbocycles. The maximum absolute atomic E-state index is 13.9. The third-order valence-electron chi connectivity index (χ3n) is 5.73. The van der Waals surface area contributed by atoms with Crippen molar-refractivity contribution in [2.45, 2.75) is 25.4 Å². The molecule has 11 heteroatoms. The zero-order valence-electron chi connectivity index (χ0n) is 18.4. The van der Waals surface area contributed by atoms with Gasteiger partial charge in [0.05, 0.1) is 11.8 Å². The van der Waals surface area contributed by atoms with Crippen molar-refractivity contribution in [3.05, 3.63) is 71.9 Å². The second-order valence-electron chi connectivity index (χ2n) is 8.43. The number of alkyl halides is 5. The highest BCUT2D eigenvalue weighted by molar-refractivity contribution is 6.05. The topological polar surface area (TPSA) is 58.1 Å². The SMILES string of the molecule is C[C@@H]1CCN(c2ncc(C(=O)Nc3ccc(C(F)(F)C(F)(F)F)cc3)cc2-c2cncc(F)c2)C1. The first-order valence-electron chi connectivity index (χ1n) is 10.7. The molecule has 3 aromatic rings. The van der Waals surface area contributed by atoms with E-state index in [4.69, 9.17) is 0 Å². The van der Waals surface area contributed by atoms with Gasteiger partial charge >= 0.3 is 12.1 Å². The lowest BCUT2D eigenvalue weighted by molar-refractivity contribution is -0.289. The quantitative estimate of drug-likeness (QED) is 0.440. The van der Waals surface area contributed by atoms with Crippen LogP contribution in [0.1, 0.15) is 29.3 Å². The Balaban J connectivity index is 1.61. The number of anilines is 2. The normalized spacial score (nSPS) is 16.4. The minimum absolute atomic E-state index is 0.0168. The highest BCUT2D eigenvalue weighted by Crippen LogP contribution is 2.44. The molecule has 1 N–H and O–H groups in total. The number of rotatable bonds is 5. The lowest BCUT2D eigenvalue weighted by Gasteiger charge is -2.21. The van der Waals surface area contributed by atoms with E-state index in [0.29, 0.717) is 35.0 Å². The van der Waals surface area contributed by atoms with Crippen LogP contribution in [0.4, 0.5) is 37.8 Å². The highest BCUT2D eigenvalue weighted by Gasteiger charge is 2.58. The Morgan fingerprint density at radius 3 is 2.37 bits per heavy atom. The smallest absolute Gasteiger partial charge is 0.356 e. The molecule has 3 heterocycles. The van der Waals surface area contributed by atoms with Crippen LogP contribution in [-0.4, -0.2) is 35.1 Å². The summed E-state index contributed by atoms with van der Waals surface area (Å²) >= 11 is 0. The van der Waals surface area contributed by atoms with E-state index in [1.165, 1.54) is 24.5 Å². The van der Waals surface area contributed by atoms with Crippen molar-refractivity contribution < 1.29 is 31.1 Å². The van der Waals surface area contributed by atoms with E-state index in [1.807, 2.05) is 4.90 Å². The van der Waals surface area contributed by atoms with Gasteiger partial charge in [0.15, 0.2) is 0 Å². The van der Waals surface area contributed by atoms with E-state index in [-0.39, 0.29) is 11.3 Å². The van der Waals surface area contributed by atoms with Gasteiger partial charge in [0.2, 0.25) is 0 Å². The van der Waals surface area contributed by atoms with E-state index in [2.05, 4.69) is 22.2 Å². The first-order valence-corrected chi connectivity index (χ1v) is 10.7. The zero-order chi connectivity index (χ0) is 25.4. The average molecular weight is 494 g/mol. The molecule has 35 heavy (non-hydrogen) atoms. The van der Waals surface area contributed by atoms with Crippen LogP contribution in [0, 0.1) is 11.7 Å². The molecule has 0 aliphatic carbocycles. The molecule has 0 bridgehead atoms. The first kappa shape index (κ1) is 24.5. The summed E-state index contributed by atoms with van der Waals surface area (Å²) in [6.07, 6.45) is -0.952. The molecular formula is C24H20F6N4O. The number of carbonyl (C=O) groups excluding carboxylic acids is 1. The Kier molecular flexibility index (Phi) is 6.44. The van der Waals surface area contributed by atoms with Gasteiger partial charge in [-0.3, -0.25) is 9.78 Å². The Labute approximate surface area is 196 Å². The molecule has 0 radical (unpaired) electrons. The standard InChI is InChI=1S/C24H20F6N4O/c1-14-6-7-34(13-14)21-20(15-8-18(25)12-31-10-15)9-16(11-32-21)22(35)33-19-4-2-17(3-5-19)23(26,27)24(28,29)30/h2-5,8-12,14H,6-7,13H2,1H3,(H,33,35)/t14-/m1/s1. The number of pyridine rings is 2. The third-order valence-corrected chi connectivity index (χ3v) is 5.73. The number of hydrogen-bond acceptors (Lipinski definition) is 4. The summed E-state index contributed by atoms with van der Waals surface area (Å²) in [6.45, 7) is 3.58. The summed E-state index contributed by atoms with van der Waals surface area (Å²) in [5.74, 6) is -5.24. The lowest BCUT2D eigenvalue weighted by Crippen LogP contribution is -2.33. The molecule has 5 nitrogen and oxygen atoms in total. The molecule has 1 saturated heterocycles. The van der Waals surface area contributed by atoms with E-state index < -0.39 is 29.4 Å². The van der Waals surface area contributed by atoms with Crippen molar-refractivity contribution in [3.63, 3.8) is 0 Å². The van der Waals surface area contributed by atoms with Gasteiger partial charge < -0.3 is 10.2 Å². The van der Waals surface area contributed by atoms with Crippen LogP contribution in [0.25, 0.3) is 11.1 Å². The number of benzene rings is 1. The minimum Gasteiger partial charge on any atom is -0.356 e. The van der Waals surface area contributed by atoms with Gasteiger partial charge in [-0.2, -0.15) is 22.0 Å². The van der Waals surface area contributed by atoms with Crippen LogP contribution >= 0.6 is 0 Å². The van der Waals surface area contributed by atoms with Gasteiger partial charge in [-0.1, -0.05) is 19.1 Å². The molecule has 1 aliphatic rings. The van der Waals surface area contributed by atoms with Crippen molar-refractivity contribution in [2.24, 2.45) is 5.92 Å². The number of nitrogens with zero attached hydrogens (tertiary/aromatic N) is 3. The van der Waals surface area contributed by atoms with Crippen LogP contribution in [0.5, 0.6) is 0 Å². The predicted molar refractivity (Wildman–Crippen MR) is 118 cm³/mol. The van der Waals surface area contributed by atoms with Gasteiger partial charge in [0, 0.05) is 47.9 Å². The fourth-order valence-electron chi connectivity index (χ4n) is 3.86. The minimum atomic E-state index is -5.74. The van der Waals surface area contributed by atoms with Crippen LogP contribution in [0.3, 0.4) is 0 Å². The van der Waals surface area contributed by atoms with Crippen molar-refractivity contribution >= 4 is 17.4 Å². The van der Waals surface area contributed by atoms with Gasteiger partial charge in [0.25, 0.3) is 5.91 Å². The number of halogens is 6. The second kappa shape index (κ2) is 9.20. The molecule has 0 unspecified atom stereocenters. The average Bonchev–Trinajstić information content (AvgIpc) is 3.24. The van der Waals surface area contributed by atoms with Gasteiger partial charge in [-0.25, -0.2) is 9.37 Å². The number of aromatic nitrogens is 2. The zero-order valence-corrected chi connectivity index (χ0v) is 18.4. The number of carbonyl (C=O) groups is 1. The highest BCUT2D eigenvalue weighted by atomic mass is 19.4. The van der Waals surface area contributed by atoms with E-state index in [0.717, 1.165) is 37.8 Å². The Morgan fingerprint density at radius 2 is 1.77 bits per heavy atom. The van der Waals surface area contributed by atoms with E-state index in [1.54, 1.807) is 0 Å². The van der Waals surface area contributed by atoms with Gasteiger partial charge in [0.1, 0.15) is 11.6 Å². The summed E-state index contributed by atoms with van der Waals surface area (Å²) in [5, 5.41) is 2.45. The monoisotopic (exact) mass is 494 g/mol. The molecule has 2 aromatic heterocycles. The van der Waals surface area contributed by atoms with E-state index >= 15 is 0 Å². The molecular weight excluding hydrogens is 474 g/mol. The number of hydrogen-bond donors (Lipinski definition) is 1. The summed E-state index contributed by atoms with van der Waals surface area (Å²) in [7, 11) is 0. The Morgan fingerprint density at radius 1 is 1.06 bits per heavy atom. The molecule has 4 rings (SSSR count). The van der Waals surface area contributed by atoms with Crippen molar-refractivity contribution in [1.29, 1.82) is 0 Å². The van der Waals surface area contributed by atoms with Crippen LogP contribution in [0.2, 0.25) is 0 Å². The van der Waals surface area contributed by atoms with Crippen molar-refractivity contribution in [1.82, 2.24) is 9.97 Å². The molecule has 1 aliphatic heterocycles. The fraction of sp³-hybridized carbons (Fsp3) is 0.292. The van der Waals surface area contributed by atoms with Crippen LogP contribution < -0.4 is 10.2 Å². The maximum Gasteiger partial charge on any atom is 0.458 e. The molecule has 0 spiro atoms. The van der Waals surface area contributed by atoms with Crippen LogP contribution in [-0.2, 0) is 5.92 Å². The third kappa shape index (κ3) is 5.08. The lowest BCUT2D eigenvalue weighted by atomic mass is 10.0. The van der Waals surface area contributed by atoms with Crippen LogP contribution in [0.15, 0.2) is 55.0 Å². The fourth-order valence-corrected chi connectivity index (χ4v) is 3.86. The largest absolute Gasteiger partial charge is 0.458 e. The second-order valence-corrected chi connectivity index (χ2v) is 8.43. The molecule has 184 valence electrons. The molecule has 1 atom stereocenters. The van der Waals surface area contributed by atoms with E-state index in [9.17, 15) is 31.1 Å². The summed E-state index contributed by atoms with van der Waals surface area (Å²) in [4.78, 5) is 23.1. The summed E-state index contributed by atoms with van der Waals surface area (Å²) in [5.41, 5.74) is -0.234. The van der Waals surface area contributed by atoms with Crippen molar-refractivity contribution in [2.75, 3.05) is 23.3 Å². The molecule has 1 amide bonds. The van der Waals surface area contributed by atoms with Crippen molar-refractivity contribution in [3.8, 4) is 11.1 Å². The summed E-state index contributed by atoms with van der Waals surface area (Å²) in [6, 6.07) is 5.90. The molecule has 1 aromatic carbocycles. The summed E-state index contributed by atoms with van der Waals surface area (Å²) < 4.78 is 78.5. The maximum atomic E-state index is 13.9. The number of nitrogens with one attached hydrogen (secondary N) is 1. The first-order chi connectivity index (χ1) is 16.5. The molecule has 1 fully saturated rings. The number of amides is 1.